The van der Waals surface area contributed by atoms with Gasteiger partial charge >= 0.3 is 0 Å². The van der Waals surface area contributed by atoms with Gasteiger partial charge in [-0.25, -0.2) is 0 Å². The van der Waals surface area contributed by atoms with Crippen LogP contribution in [-0.2, 0) is 6.54 Å². The van der Waals surface area contributed by atoms with Crippen LogP contribution in [0.3, 0.4) is 0 Å². The summed E-state index contributed by atoms with van der Waals surface area (Å²) < 4.78 is 1.64. The maximum atomic E-state index is 13.1. The first kappa shape index (κ1) is 16.0. The molecule has 2 aromatic heterocycles. The van der Waals surface area contributed by atoms with Crippen LogP contribution in [0.4, 0.5) is 0 Å². The van der Waals surface area contributed by atoms with Crippen LogP contribution in [0.1, 0.15) is 39.5 Å². The number of carbonyl (C=O) groups excluding carboxylic acids is 1. The van der Waals surface area contributed by atoms with E-state index in [2.05, 4.69) is 33.9 Å². The van der Waals surface area contributed by atoms with Crippen LogP contribution in [0.15, 0.2) is 35.7 Å². The summed E-state index contributed by atoms with van der Waals surface area (Å²) in [6.45, 7) is 4.62. The number of aryl methyl sites for hydroxylation is 2. The maximum Gasteiger partial charge on any atom is 0.254 e. The van der Waals surface area contributed by atoms with Gasteiger partial charge in [-0.2, -0.15) is 4.68 Å². The zero-order chi connectivity index (χ0) is 17.4. The van der Waals surface area contributed by atoms with Crippen molar-refractivity contribution < 1.29 is 4.79 Å². The second kappa shape index (κ2) is 6.40. The lowest BCUT2D eigenvalue weighted by atomic mass is 10.1. The van der Waals surface area contributed by atoms with Crippen LogP contribution in [0.25, 0.3) is 5.69 Å². The van der Waals surface area contributed by atoms with E-state index in [1.807, 2.05) is 36.1 Å². The number of rotatable bonds is 5. The summed E-state index contributed by atoms with van der Waals surface area (Å²) >= 11 is 1.71. The molecule has 128 valence electrons. The molecule has 6 nitrogen and oxygen atoms in total. The summed E-state index contributed by atoms with van der Waals surface area (Å²) in [6, 6.07) is 9.98. The maximum absolute atomic E-state index is 13.1. The summed E-state index contributed by atoms with van der Waals surface area (Å²) in [6.07, 6.45) is 2.17. The molecular weight excluding hydrogens is 334 g/mol. The van der Waals surface area contributed by atoms with Gasteiger partial charge in [0, 0.05) is 16.5 Å². The van der Waals surface area contributed by atoms with Gasteiger partial charge in [0.15, 0.2) is 5.82 Å². The van der Waals surface area contributed by atoms with Crippen molar-refractivity contribution in [2.24, 2.45) is 0 Å². The Hall–Kier alpha value is -2.54. The van der Waals surface area contributed by atoms with Crippen LogP contribution < -0.4 is 0 Å². The fourth-order valence-electron chi connectivity index (χ4n) is 2.88. The average Bonchev–Trinajstić information content (AvgIpc) is 3.25. The molecule has 3 aromatic rings. The highest BCUT2D eigenvalue weighted by molar-refractivity contribution is 7.10. The van der Waals surface area contributed by atoms with E-state index < -0.39 is 0 Å². The highest BCUT2D eigenvalue weighted by Gasteiger charge is 2.33. The average molecular weight is 353 g/mol. The van der Waals surface area contributed by atoms with Crippen LogP contribution in [-0.4, -0.2) is 37.1 Å². The molecule has 2 heterocycles. The lowest BCUT2D eigenvalue weighted by molar-refractivity contribution is 0.0731. The summed E-state index contributed by atoms with van der Waals surface area (Å²) in [4.78, 5) is 16.4. The van der Waals surface area contributed by atoms with Crippen molar-refractivity contribution in [3.63, 3.8) is 0 Å². The number of aromatic nitrogens is 4. The number of tetrazole rings is 1. The molecule has 0 bridgehead atoms. The molecule has 4 rings (SSSR count). The van der Waals surface area contributed by atoms with E-state index in [0.717, 1.165) is 18.5 Å². The highest BCUT2D eigenvalue weighted by atomic mass is 32.1. The molecule has 1 saturated carbocycles. The molecule has 1 fully saturated rings. The van der Waals surface area contributed by atoms with Gasteiger partial charge in [-0.3, -0.25) is 4.79 Å². The van der Waals surface area contributed by atoms with Crippen molar-refractivity contribution in [2.75, 3.05) is 0 Å². The van der Waals surface area contributed by atoms with E-state index in [9.17, 15) is 4.79 Å². The van der Waals surface area contributed by atoms with E-state index in [-0.39, 0.29) is 5.91 Å². The Labute approximate surface area is 150 Å². The second-order valence-corrected chi connectivity index (χ2v) is 7.38. The zero-order valence-electron chi connectivity index (χ0n) is 14.2. The minimum absolute atomic E-state index is 0.0721. The highest BCUT2D eigenvalue weighted by Crippen LogP contribution is 2.31. The van der Waals surface area contributed by atoms with Gasteiger partial charge in [0.25, 0.3) is 5.91 Å². The third kappa shape index (κ3) is 3.19. The predicted molar refractivity (Wildman–Crippen MR) is 95.8 cm³/mol. The second-order valence-electron chi connectivity index (χ2n) is 6.38. The van der Waals surface area contributed by atoms with Crippen molar-refractivity contribution in [2.45, 2.75) is 39.3 Å². The summed E-state index contributed by atoms with van der Waals surface area (Å²) in [7, 11) is 0. The zero-order valence-corrected chi connectivity index (χ0v) is 15.0. The topological polar surface area (TPSA) is 63.9 Å². The fraction of sp³-hybridized carbons (Fsp3) is 0.333. The molecule has 1 aromatic carbocycles. The molecule has 1 amide bonds. The van der Waals surface area contributed by atoms with Gasteiger partial charge in [0.2, 0.25) is 0 Å². The van der Waals surface area contributed by atoms with Crippen molar-refractivity contribution in [1.82, 2.24) is 25.1 Å². The summed E-state index contributed by atoms with van der Waals surface area (Å²) in [5, 5.41) is 13.7. The Morgan fingerprint density at radius 3 is 2.80 bits per heavy atom. The molecule has 0 unspecified atom stereocenters. The van der Waals surface area contributed by atoms with Crippen LogP contribution in [0.5, 0.6) is 0 Å². The number of nitrogens with zero attached hydrogens (tertiary/aromatic N) is 5. The lowest BCUT2D eigenvalue weighted by Gasteiger charge is -2.22. The third-order valence-corrected chi connectivity index (χ3v) is 5.50. The first-order valence-electron chi connectivity index (χ1n) is 8.33. The molecule has 0 N–H and O–H groups in total. The lowest BCUT2D eigenvalue weighted by Crippen LogP contribution is -2.32. The molecular formula is C18H19N5OS. The van der Waals surface area contributed by atoms with Crippen LogP contribution >= 0.6 is 11.3 Å². The fourth-order valence-corrected chi connectivity index (χ4v) is 3.78. The smallest absolute Gasteiger partial charge is 0.254 e. The molecule has 0 radical (unpaired) electrons. The summed E-state index contributed by atoms with van der Waals surface area (Å²) in [5.74, 6) is 0.765. The molecule has 1 aliphatic rings. The summed E-state index contributed by atoms with van der Waals surface area (Å²) in [5.41, 5.74) is 2.73. The van der Waals surface area contributed by atoms with Gasteiger partial charge in [-0.15, -0.1) is 16.4 Å². The van der Waals surface area contributed by atoms with Crippen molar-refractivity contribution in [1.29, 1.82) is 0 Å². The Morgan fingerprint density at radius 2 is 2.16 bits per heavy atom. The number of amides is 1. The number of benzene rings is 1. The Kier molecular flexibility index (Phi) is 4.09. The molecule has 0 saturated heterocycles. The Morgan fingerprint density at radius 1 is 1.32 bits per heavy atom. The van der Waals surface area contributed by atoms with Crippen molar-refractivity contribution >= 4 is 17.2 Å². The first-order valence-corrected chi connectivity index (χ1v) is 9.21. The molecule has 7 heteroatoms. The van der Waals surface area contributed by atoms with E-state index in [0.29, 0.717) is 24.0 Å². The van der Waals surface area contributed by atoms with Crippen molar-refractivity contribution in [3.8, 4) is 5.69 Å². The van der Waals surface area contributed by atoms with Gasteiger partial charge in [0.05, 0.1) is 12.2 Å². The quantitative estimate of drug-likeness (QED) is 0.707. The largest absolute Gasteiger partial charge is 0.331 e. The minimum atomic E-state index is 0.0721. The van der Waals surface area contributed by atoms with E-state index in [1.165, 1.54) is 10.4 Å². The predicted octanol–water partition coefficient (Wildman–Crippen LogP) is 3.15. The number of carbonyl (C=O) groups is 1. The molecule has 25 heavy (non-hydrogen) atoms. The number of thiophene rings is 1. The molecule has 0 aliphatic heterocycles. The van der Waals surface area contributed by atoms with Gasteiger partial charge in [-0.05, 0) is 72.3 Å². The van der Waals surface area contributed by atoms with Crippen LogP contribution in [0, 0.1) is 13.8 Å². The minimum Gasteiger partial charge on any atom is -0.331 e. The van der Waals surface area contributed by atoms with Crippen molar-refractivity contribution in [3.05, 3.63) is 57.5 Å². The van der Waals surface area contributed by atoms with Gasteiger partial charge in [0.1, 0.15) is 0 Å². The van der Waals surface area contributed by atoms with Crippen LogP contribution in [0.2, 0.25) is 0 Å². The van der Waals surface area contributed by atoms with Gasteiger partial charge < -0.3 is 4.90 Å². The third-order valence-electron chi connectivity index (χ3n) is 4.49. The van der Waals surface area contributed by atoms with E-state index >= 15 is 0 Å². The number of hydrogen-bond acceptors (Lipinski definition) is 5. The Balaban J connectivity index is 1.62. The number of hydrogen-bond donors (Lipinski definition) is 0. The monoisotopic (exact) mass is 353 g/mol. The first-order chi connectivity index (χ1) is 12.1. The molecule has 1 aliphatic carbocycles. The standard InChI is InChI=1S/C18H19N5OS/c1-12-8-9-25-17(12)11-22(15-6-7-15)18(24)14-4-3-5-16(10-14)23-13(2)19-20-21-23/h3-5,8-10,15H,6-7,11H2,1-2H3. The molecule has 0 atom stereocenters. The Bertz CT molecular complexity index is 912. The normalized spacial score (nSPS) is 13.8. The molecule has 0 spiro atoms. The van der Waals surface area contributed by atoms with E-state index in [1.54, 1.807) is 16.0 Å². The SMILES string of the molecule is Cc1ccsc1CN(C(=O)c1cccc(-n2nnnc2C)c1)C1CC1. The van der Waals surface area contributed by atoms with E-state index in [4.69, 9.17) is 0 Å². The van der Waals surface area contributed by atoms with Gasteiger partial charge in [-0.1, -0.05) is 6.07 Å².